The molecule has 0 heterocycles. The second-order valence-electron chi connectivity index (χ2n) is 22.2. The van der Waals surface area contributed by atoms with Crippen LogP contribution in [0.3, 0.4) is 0 Å². The van der Waals surface area contributed by atoms with Gasteiger partial charge in [0.25, 0.3) is 0 Å². The van der Waals surface area contributed by atoms with Crippen LogP contribution in [0.15, 0.2) is 29.3 Å². The summed E-state index contributed by atoms with van der Waals surface area (Å²) < 4.78 is 22.1. The standard InChI is InChI=1S/C53H101N3O3S2Si2/c1-32(2)36(9)38(11)40(13)42(15)43(16)44(17)46(19)48(21)50(23)62(49(22)47(20)45(18)41(14)39(12)37(10)33(3)4)59-63(57-34(5)6,58-35(7)8)30-24-29-54-53(61)56-52-27-25-51(26-28-52)55-31-60/h25-28,32-50,62H,24,29-30H2,1-23H3,(H2,54,56,61). The van der Waals surface area contributed by atoms with Crippen LogP contribution in [0.25, 0.3) is 0 Å². The molecule has 10 heteroatoms. The van der Waals surface area contributed by atoms with Crippen molar-refractivity contribution < 1.29 is 13.0 Å². The van der Waals surface area contributed by atoms with Crippen molar-refractivity contribution in [3.8, 4) is 0 Å². The van der Waals surface area contributed by atoms with Gasteiger partial charge in [0.2, 0.25) is 0 Å². The number of nitrogens with zero attached hydrogens (tertiary/aromatic N) is 1. The average Bonchev–Trinajstić information content (AvgIpc) is 3.23. The van der Waals surface area contributed by atoms with Gasteiger partial charge in [0.15, 0.2) is 14.2 Å². The Labute approximate surface area is 404 Å². The molecule has 16 atom stereocenters. The van der Waals surface area contributed by atoms with Gasteiger partial charge in [-0.3, -0.25) is 0 Å². The summed E-state index contributed by atoms with van der Waals surface area (Å²) in [6.07, 6.45) is 0.777. The summed E-state index contributed by atoms with van der Waals surface area (Å²) in [7, 11) is -5.26. The summed E-state index contributed by atoms with van der Waals surface area (Å²) in [5.41, 5.74) is 2.50. The fourth-order valence-corrected chi connectivity index (χ4v) is 20.1. The fraction of sp³-hybridized carbons (Fsp3) is 0.849. The molecule has 16 unspecified atom stereocenters. The first-order valence-electron chi connectivity index (χ1n) is 25.4. The van der Waals surface area contributed by atoms with Crippen molar-refractivity contribution in [3.63, 3.8) is 0 Å². The van der Waals surface area contributed by atoms with Crippen LogP contribution in [0.5, 0.6) is 0 Å². The van der Waals surface area contributed by atoms with Crippen LogP contribution in [0.4, 0.5) is 11.4 Å². The highest BCUT2D eigenvalue weighted by Gasteiger charge is 2.50. The van der Waals surface area contributed by atoms with Gasteiger partial charge in [0.1, 0.15) is 0 Å². The van der Waals surface area contributed by atoms with Gasteiger partial charge in [0.05, 0.1) is 10.8 Å². The molecule has 0 amide bonds. The molecule has 0 bridgehead atoms. The van der Waals surface area contributed by atoms with Crippen LogP contribution in [0.1, 0.15) is 166 Å². The zero-order chi connectivity index (χ0) is 48.7. The largest absolute Gasteiger partial charge is 0.490 e. The van der Waals surface area contributed by atoms with E-state index in [1.165, 1.54) is 0 Å². The van der Waals surface area contributed by atoms with E-state index in [1.54, 1.807) is 0 Å². The average molecular weight is 949 g/mol. The normalized spacial score (nSPS) is 20.3. The molecule has 1 aromatic rings. The van der Waals surface area contributed by atoms with Crippen LogP contribution >= 0.6 is 24.4 Å². The van der Waals surface area contributed by atoms with Crippen molar-refractivity contribution in [3.05, 3.63) is 24.3 Å². The van der Waals surface area contributed by atoms with Crippen molar-refractivity contribution in [1.82, 2.24) is 5.32 Å². The second-order valence-corrected chi connectivity index (χ2v) is 29.1. The molecule has 1 rings (SSSR count). The Morgan fingerprint density at radius 2 is 0.905 bits per heavy atom. The number of aliphatic imine (C=N–C) groups is 1. The minimum atomic E-state index is -3.20. The molecule has 0 aliphatic carbocycles. The number of hydrogen-bond acceptors (Lipinski definition) is 6. The van der Waals surface area contributed by atoms with E-state index in [-0.39, 0.29) is 12.2 Å². The topological polar surface area (TPSA) is 64.1 Å². The van der Waals surface area contributed by atoms with Gasteiger partial charge < -0.3 is 23.6 Å². The van der Waals surface area contributed by atoms with Crippen LogP contribution in [-0.4, -0.2) is 46.9 Å². The third-order valence-corrected chi connectivity index (χ3v) is 26.1. The summed E-state index contributed by atoms with van der Waals surface area (Å²) in [4.78, 5) is 4.06. The van der Waals surface area contributed by atoms with Crippen LogP contribution in [-0.2, 0) is 13.0 Å². The number of nitrogens with one attached hydrogen (secondary N) is 2. The van der Waals surface area contributed by atoms with Gasteiger partial charge in [0, 0.05) is 30.5 Å². The lowest BCUT2D eigenvalue weighted by Gasteiger charge is -2.46. The van der Waals surface area contributed by atoms with Crippen LogP contribution in [0, 0.1) is 88.8 Å². The number of hydrogen-bond donors (Lipinski definition) is 2. The predicted octanol–water partition coefficient (Wildman–Crippen LogP) is 16.0. The minimum absolute atomic E-state index is 0.0202. The van der Waals surface area contributed by atoms with E-state index in [4.69, 9.17) is 37.4 Å². The third kappa shape index (κ3) is 18.6. The Bertz CT molecular complexity index is 1480. The Morgan fingerprint density at radius 1 is 0.556 bits per heavy atom. The lowest BCUT2D eigenvalue weighted by molar-refractivity contribution is 0.0497. The molecule has 366 valence electrons. The van der Waals surface area contributed by atoms with Gasteiger partial charge >= 0.3 is 8.80 Å². The quantitative estimate of drug-likeness (QED) is 0.0359. The van der Waals surface area contributed by atoms with E-state index < -0.39 is 17.8 Å². The maximum Gasteiger partial charge on any atom is 0.490 e. The first-order valence-corrected chi connectivity index (χ1v) is 30.0. The molecular formula is C53H101N3O3S2Si2. The predicted molar refractivity (Wildman–Crippen MR) is 289 cm³/mol. The molecule has 6 nitrogen and oxygen atoms in total. The molecule has 2 N–H and O–H groups in total. The van der Waals surface area contributed by atoms with Crippen molar-refractivity contribution >= 4 is 63.9 Å². The second kappa shape index (κ2) is 28.4. The minimum Gasteiger partial charge on any atom is -0.418 e. The molecule has 0 aliphatic heterocycles. The Kier molecular flexibility index (Phi) is 27.0. The highest BCUT2D eigenvalue weighted by atomic mass is 32.1. The molecule has 0 saturated carbocycles. The number of benzene rings is 1. The fourth-order valence-electron chi connectivity index (χ4n) is 10.3. The monoisotopic (exact) mass is 948 g/mol. The maximum atomic E-state index is 7.93. The lowest BCUT2D eigenvalue weighted by atomic mass is 9.66. The van der Waals surface area contributed by atoms with Gasteiger partial charge in [-0.05, 0) is 183 Å². The number of rotatable bonds is 29. The summed E-state index contributed by atoms with van der Waals surface area (Å²) in [5, 5.41) is 9.76. The smallest absolute Gasteiger partial charge is 0.418 e. The first-order chi connectivity index (χ1) is 29.1. The summed E-state index contributed by atoms with van der Waals surface area (Å²) >= 11 is 10.5. The lowest BCUT2D eigenvalue weighted by Crippen LogP contribution is -2.55. The summed E-state index contributed by atoms with van der Waals surface area (Å²) in [5.74, 6) is 9.30. The Morgan fingerprint density at radius 3 is 1.24 bits per heavy atom. The van der Waals surface area contributed by atoms with E-state index in [0.717, 1.165) is 23.8 Å². The summed E-state index contributed by atoms with van der Waals surface area (Å²) in [6, 6.07) is 8.41. The zero-order valence-electron chi connectivity index (χ0n) is 45.0. The first kappa shape index (κ1) is 60.0. The highest BCUT2D eigenvalue weighted by Crippen LogP contribution is 2.47. The van der Waals surface area contributed by atoms with Crippen molar-refractivity contribution in [2.45, 2.75) is 195 Å². The summed E-state index contributed by atoms with van der Waals surface area (Å²) in [6.45, 7) is 56.5. The van der Waals surface area contributed by atoms with Gasteiger partial charge in [-0.1, -0.05) is 132 Å². The number of anilines is 1. The number of thiocarbonyl (C=S) groups is 2. The zero-order valence-corrected chi connectivity index (χ0v) is 48.8. The van der Waals surface area contributed by atoms with Crippen molar-refractivity contribution in [2.24, 2.45) is 93.8 Å². The van der Waals surface area contributed by atoms with E-state index in [1.807, 2.05) is 24.3 Å². The molecule has 0 aromatic heterocycles. The van der Waals surface area contributed by atoms with Crippen molar-refractivity contribution in [2.75, 3.05) is 11.9 Å². The molecule has 63 heavy (non-hydrogen) atoms. The highest BCUT2D eigenvalue weighted by molar-refractivity contribution is 7.80. The molecule has 1 aromatic carbocycles. The molecular weight excluding hydrogens is 847 g/mol. The van der Waals surface area contributed by atoms with Gasteiger partial charge in [-0.15, -0.1) is 0 Å². The molecule has 0 fully saturated rings. The van der Waals surface area contributed by atoms with Crippen LogP contribution in [0.2, 0.25) is 17.1 Å². The van der Waals surface area contributed by atoms with E-state index in [2.05, 4.69) is 180 Å². The molecule has 0 radical (unpaired) electrons. The SMILES string of the molecule is CC(C)O[Si](CCCNC(=S)Nc1ccc(N=C=S)cc1)(OC(C)C)O[SiH](C(C)C(C)C(C)C(C)C(C)C(C)C(C)C)C(C)C(C)C(C)C(C)C(C)C(C)C(C)C(C)C(C)C(C)C. The Balaban J connectivity index is 3.62. The van der Waals surface area contributed by atoms with E-state index in [9.17, 15) is 0 Å². The van der Waals surface area contributed by atoms with E-state index >= 15 is 0 Å². The van der Waals surface area contributed by atoms with E-state index in [0.29, 0.717) is 112 Å². The van der Waals surface area contributed by atoms with Crippen LogP contribution < -0.4 is 10.6 Å². The molecule has 0 aliphatic rings. The Hall–Kier alpha value is -0.976. The third-order valence-electron chi connectivity index (χ3n) is 17.3. The maximum absolute atomic E-state index is 7.93. The van der Waals surface area contributed by atoms with Crippen molar-refractivity contribution in [1.29, 1.82) is 0 Å². The molecule has 0 saturated heterocycles. The van der Waals surface area contributed by atoms with Gasteiger partial charge in [-0.25, -0.2) is 0 Å². The molecule has 0 spiro atoms. The number of isothiocyanates is 1. The van der Waals surface area contributed by atoms with Gasteiger partial charge in [-0.2, -0.15) is 4.99 Å².